The fourth-order valence-electron chi connectivity index (χ4n) is 1.03. The molecule has 0 aliphatic heterocycles. The second kappa shape index (κ2) is 6.35. The number of hydrogen-bond acceptors (Lipinski definition) is 3. The van der Waals surface area contributed by atoms with Gasteiger partial charge in [0.25, 0.3) is 0 Å². The highest BCUT2D eigenvalue weighted by Crippen LogP contribution is 2.28. The van der Waals surface area contributed by atoms with E-state index in [2.05, 4.69) is 0 Å². The number of nitrogens with two attached hydrogens (primary N) is 1. The van der Waals surface area contributed by atoms with E-state index in [4.69, 9.17) is 34.0 Å². The van der Waals surface area contributed by atoms with Gasteiger partial charge in [-0.1, -0.05) is 35.3 Å². The highest BCUT2D eigenvalue weighted by molar-refractivity contribution is 7.98. The third kappa shape index (κ3) is 3.87. The Hall–Kier alpha value is -0.420. The summed E-state index contributed by atoms with van der Waals surface area (Å²) in [6.07, 6.45) is 0. The molecule has 0 radical (unpaired) electrons. The summed E-state index contributed by atoms with van der Waals surface area (Å²) in [5, 5.41) is 9.61. The lowest BCUT2D eigenvalue weighted by Gasteiger charge is -2.07. The van der Waals surface area contributed by atoms with E-state index in [0.29, 0.717) is 21.6 Å². The van der Waals surface area contributed by atoms with Gasteiger partial charge in [-0.25, -0.2) is 0 Å². The van der Waals surface area contributed by atoms with Crippen molar-refractivity contribution >= 4 is 40.9 Å². The minimum absolute atomic E-state index is 0.345. The lowest BCUT2D eigenvalue weighted by molar-refractivity contribution is -0.137. The molecule has 1 aromatic rings. The molecular weight excluding hydrogens is 269 g/mol. The molecule has 1 aromatic carbocycles. The van der Waals surface area contributed by atoms with Gasteiger partial charge in [-0.15, -0.1) is 0 Å². The Bertz CT molecular complexity index is 387. The van der Waals surface area contributed by atoms with E-state index in [-0.39, 0.29) is 0 Å². The van der Waals surface area contributed by atoms with Crippen LogP contribution in [0.25, 0.3) is 0 Å². The maximum atomic E-state index is 10.5. The SMILES string of the molecule is N[C@H](CSCc1cccc(Cl)c1Cl)C(=O)O. The summed E-state index contributed by atoms with van der Waals surface area (Å²) in [4.78, 5) is 10.5. The van der Waals surface area contributed by atoms with Gasteiger partial charge in [-0.2, -0.15) is 11.8 Å². The lowest BCUT2D eigenvalue weighted by Crippen LogP contribution is -2.32. The van der Waals surface area contributed by atoms with Crippen molar-refractivity contribution in [3.8, 4) is 0 Å². The molecule has 1 atom stereocenters. The normalized spacial score (nSPS) is 12.4. The average Bonchev–Trinajstić information content (AvgIpc) is 2.24. The van der Waals surface area contributed by atoms with Gasteiger partial charge in [0.15, 0.2) is 0 Å². The number of aliphatic carboxylic acids is 1. The Morgan fingerprint density at radius 2 is 2.19 bits per heavy atom. The van der Waals surface area contributed by atoms with E-state index < -0.39 is 12.0 Å². The summed E-state index contributed by atoms with van der Waals surface area (Å²) < 4.78 is 0. The Balaban J connectivity index is 2.49. The molecule has 0 saturated carbocycles. The maximum Gasteiger partial charge on any atom is 0.321 e. The molecule has 3 N–H and O–H groups in total. The van der Waals surface area contributed by atoms with Gasteiger partial charge < -0.3 is 10.8 Å². The zero-order chi connectivity index (χ0) is 12.1. The van der Waals surface area contributed by atoms with Gasteiger partial charge >= 0.3 is 5.97 Å². The molecule has 0 aliphatic rings. The van der Waals surface area contributed by atoms with Crippen molar-refractivity contribution in [3.63, 3.8) is 0 Å². The predicted molar refractivity (Wildman–Crippen MR) is 68.2 cm³/mol. The first-order valence-corrected chi connectivity index (χ1v) is 6.42. The molecule has 0 fully saturated rings. The Morgan fingerprint density at radius 3 is 2.81 bits per heavy atom. The quantitative estimate of drug-likeness (QED) is 0.870. The van der Waals surface area contributed by atoms with Gasteiger partial charge in [0.05, 0.1) is 10.0 Å². The van der Waals surface area contributed by atoms with Crippen molar-refractivity contribution in [3.05, 3.63) is 33.8 Å². The van der Waals surface area contributed by atoms with Crippen LogP contribution in [0, 0.1) is 0 Å². The molecule has 0 heterocycles. The van der Waals surface area contributed by atoms with Crippen LogP contribution in [0.4, 0.5) is 0 Å². The number of benzene rings is 1. The molecule has 0 amide bonds. The predicted octanol–water partition coefficient (Wildman–Crippen LogP) is 2.64. The van der Waals surface area contributed by atoms with E-state index in [1.165, 1.54) is 11.8 Å². The van der Waals surface area contributed by atoms with Gasteiger partial charge in [0.1, 0.15) is 6.04 Å². The first kappa shape index (κ1) is 13.6. The summed E-state index contributed by atoms with van der Waals surface area (Å²) in [6.45, 7) is 0. The number of carboxylic acid groups (broad SMARTS) is 1. The number of carboxylic acids is 1. The molecule has 1 rings (SSSR count). The van der Waals surface area contributed by atoms with Crippen molar-refractivity contribution < 1.29 is 9.90 Å². The smallest absolute Gasteiger partial charge is 0.321 e. The lowest BCUT2D eigenvalue weighted by atomic mass is 10.2. The number of rotatable bonds is 5. The Morgan fingerprint density at radius 1 is 1.50 bits per heavy atom. The van der Waals surface area contributed by atoms with Crippen molar-refractivity contribution in [2.24, 2.45) is 5.73 Å². The topological polar surface area (TPSA) is 63.3 Å². The van der Waals surface area contributed by atoms with Crippen LogP contribution < -0.4 is 5.73 Å². The van der Waals surface area contributed by atoms with Crippen LogP contribution in [-0.4, -0.2) is 22.9 Å². The number of hydrogen-bond donors (Lipinski definition) is 2. The molecule has 0 bridgehead atoms. The summed E-state index contributed by atoms with van der Waals surface area (Å²) in [5.74, 6) is -0.0527. The standard InChI is InChI=1S/C10H11Cl2NO2S/c11-7-3-1-2-6(9(7)12)4-16-5-8(13)10(14)15/h1-3,8H,4-5,13H2,(H,14,15)/t8-/m1/s1. The fourth-order valence-corrected chi connectivity index (χ4v) is 2.47. The van der Waals surface area contributed by atoms with Crippen LogP contribution in [-0.2, 0) is 10.5 Å². The van der Waals surface area contributed by atoms with Crippen LogP contribution in [0.2, 0.25) is 10.0 Å². The van der Waals surface area contributed by atoms with Crippen LogP contribution in [0.5, 0.6) is 0 Å². The highest BCUT2D eigenvalue weighted by Gasteiger charge is 2.11. The summed E-state index contributed by atoms with van der Waals surface area (Å²) in [7, 11) is 0. The number of thioether (sulfide) groups is 1. The number of halogens is 2. The summed E-state index contributed by atoms with van der Waals surface area (Å²) >= 11 is 13.2. The minimum atomic E-state index is -0.996. The molecule has 0 saturated heterocycles. The minimum Gasteiger partial charge on any atom is -0.480 e. The number of carbonyl (C=O) groups is 1. The Labute approximate surface area is 108 Å². The molecule has 3 nitrogen and oxygen atoms in total. The first-order valence-electron chi connectivity index (χ1n) is 4.51. The average molecular weight is 280 g/mol. The maximum absolute atomic E-state index is 10.5. The largest absolute Gasteiger partial charge is 0.480 e. The van der Waals surface area contributed by atoms with Crippen molar-refractivity contribution in [1.82, 2.24) is 0 Å². The van der Waals surface area contributed by atoms with E-state index in [9.17, 15) is 4.79 Å². The van der Waals surface area contributed by atoms with E-state index in [1.807, 2.05) is 6.07 Å². The summed E-state index contributed by atoms with van der Waals surface area (Å²) in [6, 6.07) is 4.53. The van der Waals surface area contributed by atoms with Gasteiger partial charge in [0, 0.05) is 11.5 Å². The Kier molecular flexibility index (Phi) is 5.41. The monoisotopic (exact) mass is 279 g/mol. The molecule has 0 aromatic heterocycles. The van der Waals surface area contributed by atoms with E-state index in [0.717, 1.165) is 5.56 Å². The first-order chi connectivity index (χ1) is 7.52. The van der Waals surface area contributed by atoms with Crippen molar-refractivity contribution in [1.29, 1.82) is 0 Å². The van der Waals surface area contributed by atoms with Crippen molar-refractivity contribution in [2.45, 2.75) is 11.8 Å². The third-order valence-corrected chi connectivity index (χ3v) is 3.87. The van der Waals surface area contributed by atoms with E-state index >= 15 is 0 Å². The molecule has 0 aliphatic carbocycles. The molecule has 6 heteroatoms. The third-order valence-electron chi connectivity index (χ3n) is 1.90. The molecule has 0 spiro atoms. The van der Waals surface area contributed by atoms with Crippen LogP contribution in [0.1, 0.15) is 5.56 Å². The van der Waals surface area contributed by atoms with E-state index in [1.54, 1.807) is 12.1 Å². The van der Waals surface area contributed by atoms with Crippen LogP contribution in [0.3, 0.4) is 0 Å². The zero-order valence-corrected chi connectivity index (χ0v) is 10.6. The zero-order valence-electron chi connectivity index (χ0n) is 8.32. The van der Waals surface area contributed by atoms with Crippen molar-refractivity contribution in [2.75, 3.05) is 5.75 Å². The van der Waals surface area contributed by atoms with Crippen LogP contribution in [0.15, 0.2) is 18.2 Å². The van der Waals surface area contributed by atoms with Crippen LogP contribution >= 0.6 is 35.0 Å². The molecule has 0 unspecified atom stereocenters. The fraction of sp³-hybridized carbons (Fsp3) is 0.300. The second-order valence-corrected chi connectivity index (χ2v) is 4.99. The molecule has 88 valence electrons. The molecular formula is C10H11Cl2NO2S. The summed E-state index contributed by atoms with van der Waals surface area (Å²) in [5.41, 5.74) is 6.26. The molecule has 16 heavy (non-hydrogen) atoms. The second-order valence-electron chi connectivity index (χ2n) is 3.17. The highest BCUT2D eigenvalue weighted by atomic mass is 35.5. The van der Waals surface area contributed by atoms with Gasteiger partial charge in [0.2, 0.25) is 0 Å². The van der Waals surface area contributed by atoms with Gasteiger partial charge in [-0.3, -0.25) is 4.79 Å². The van der Waals surface area contributed by atoms with Gasteiger partial charge in [-0.05, 0) is 11.6 Å².